The quantitative estimate of drug-likeness (QED) is 0.854. The highest BCUT2D eigenvalue weighted by Crippen LogP contribution is 2.21. The van der Waals surface area contributed by atoms with Gasteiger partial charge in [0.1, 0.15) is 17.4 Å². The monoisotopic (exact) mass is 232 g/mol. The first-order valence-electron chi connectivity index (χ1n) is 5.32. The molecular formula is C13H13FN2O. The summed E-state index contributed by atoms with van der Waals surface area (Å²) in [6, 6.07) is 9.90. The summed E-state index contributed by atoms with van der Waals surface area (Å²) in [5.74, 6) is 0.464. The average Bonchev–Trinajstić information content (AvgIpc) is 2.32. The predicted molar refractivity (Wildman–Crippen MR) is 64.3 cm³/mol. The molecule has 4 heteroatoms. The van der Waals surface area contributed by atoms with Crippen LogP contribution in [0.25, 0.3) is 0 Å². The Morgan fingerprint density at radius 1 is 1.29 bits per heavy atom. The Morgan fingerprint density at radius 3 is 2.76 bits per heavy atom. The fourth-order valence-corrected chi connectivity index (χ4v) is 1.56. The first-order chi connectivity index (χ1) is 8.15. The maximum atomic E-state index is 12.7. The summed E-state index contributed by atoms with van der Waals surface area (Å²) in [5.41, 5.74) is 0.941. The number of halogens is 1. The van der Waals surface area contributed by atoms with E-state index in [1.54, 1.807) is 24.3 Å². The van der Waals surface area contributed by atoms with Crippen LogP contribution in [0.3, 0.4) is 0 Å². The van der Waals surface area contributed by atoms with E-state index < -0.39 is 0 Å². The van der Waals surface area contributed by atoms with Crippen LogP contribution in [0, 0.1) is 5.82 Å². The van der Waals surface area contributed by atoms with Crippen molar-refractivity contribution in [2.45, 2.75) is 13.0 Å². The van der Waals surface area contributed by atoms with Gasteiger partial charge in [-0.05, 0) is 36.8 Å². The molecule has 1 aromatic carbocycles. The van der Waals surface area contributed by atoms with Crippen molar-refractivity contribution in [2.75, 3.05) is 5.32 Å². The summed E-state index contributed by atoms with van der Waals surface area (Å²) < 4.78 is 12.7. The highest BCUT2D eigenvalue weighted by atomic mass is 19.1. The van der Waals surface area contributed by atoms with E-state index in [-0.39, 0.29) is 17.6 Å². The fourth-order valence-electron chi connectivity index (χ4n) is 1.56. The molecule has 88 valence electrons. The van der Waals surface area contributed by atoms with E-state index >= 15 is 0 Å². The molecule has 0 unspecified atom stereocenters. The maximum absolute atomic E-state index is 12.7. The molecular weight excluding hydrogens is 219 g/mol. The van der Waals surface area contributed by atoms with Gasteiger partial charge in [-0.25, -0.2) is 9.37 Å². The van der Waals surface area contributed by atoms with Crippen LogP contribution in [0.4, 0.5) is 10.2 Å². The number of hydrogen-bond donors (Lipinski definition) is 2. The van der Waals surface area contributed by atoms with Crippen LogP contribution >= 0.6 is 0 Å². The third kappa shape index (κ3) is 2.93. The third-order valence-corrected chi connectivity index (χ3v) is 2.46. The van der Waals surface area contributed by atoms with Crippen LogP contribution in [0.15, 0.2) is 42.6 Å². The Labute approximate surface area is 98.9 Å². The minimum absolute atomic E-state index is 0.0138. The molecule has 0 aliphatic heterocycles. The van der Waals surface area contributed by atoms with E-state index in [0.29, 0.717) is 5.82 Å². The Kier molecular flexibility index (Phi) is 3.23. The summed E-state index contributed by atoms with van der Waals surface area (Å²) in [5, 5.41) is 12.5. The Hall–Kier alpha value is -2.10. The molecule has 2 aromatic rings. The molecule has 0 aliphatic carbocycles. The fraction of sp³-hybridized carbons (Fsp3) is 0.154. The van der Waals surface area contributed by atoms with E-state index in [4.69, 9.17) is 0 Å². The van der Waals surface area contributed by atoms with Crippen LogP contribution in [-0.2, 0) is 0 Å². The molecule has 0 amide bonds. The number of hydrogen-bond acceptors (Lipinski definition) is 3. The van der Waals surface area contributed by atoms with Crippen LogP contribution in [0.5, 0.6) is 5.75 Å². The van der Waals surface area contributed by atoms with E-state index in [9.17, 15) is 9.50 Å². The molecule has 17 heavy (non-hydrogen) atoms. The predicted octanol–water partition coefficient (Wildman–Crippen LogP) is 3.10. The maximum Gasteiger partial charge on any atom is 0.141 e. The van der Waals surface area contributed by atoms with Crippen LogP contribution in [0.1, 0.15) is 18.5 Å². The van der Waals surface area contributed by atoms with Gasteiger partial charge in [0.25, 0.3) is 0 Å². The van der Waals surface area contributed by atoms with Gasteiger partial charge >= 0.3 is 0 Å². The summed E-state index contributed by atoms with van der Waals surface area (Å²) in [6.45, 7) is 1.94. The van der Waals surface area contributed by atoms with Gasteiger partial charge in [-0.3, -0.25) is 0 Å². The van der Waals surface area contributed by atoms with Crippen molar-refractivity contribution >= 4 is 5.82 Å². The molecule has 0 radical (unpaired) electrons. The van der Waals surface area contributed by atoms with Crippen molar-refractivity contribution in [2.24, 2.45) is 0 Å². The molecule has 0 spiro atoms. The molecule has 3 nitrogen and oxygen atoms in total. The third-order valence-electron chi connectivity index (χ3n) is 2.46. The van der Waals surface area contributed by atoms with Crippen LogP contribution in [-0.4, -0.2) is 10.1 Å². The number of aromatic hydroxyl groups is 1. The summed E-state index contributed by atoms with van der Waals surface area (Å²) in [7, 11) is 0. The second kappa shape index (κ2) is 4.82. The lowest BCUT2D eigenvalue weighted by atomic mass is 10.1. The van der Waals surface area contributed by atoms with Crippen molar-refractivity contribution in [3.63, 3.8) is 0 Å². The van der Waals surface area contributed by atoms with Crippen molar-refractivity contribution in [1.82, 2.24) is 4.98 Å². The molecule has 0 bridgehead atoms. The second-order valence-electron chi connectivity index (χ2n) is 3.82. The molecule has 0 saturated carbocycles. The largest absolute Gasteiger partial charge is 0.508 e. The van der Waals surface area contributed by atoms with Gasteiger partial charge in [0, 0.05) is 0 Å². The van der Waals surface area contributed by atoms with E-state index in [0.717, 1.165) is 11.8 Å². The minimum Gasteiger partial charge on any atom is -0.508 e. The number of benzene rings is 1. The lowest BCUT2D eigenvalue weighted by Gasteiger charge is -2.14. The lowest BCUT2D eigenvalue weighted by molar-refractivity contribution is 0.474. The molecule has 1 heterocycles. The van der Waals surface area contributed by atoms with Gasteiger partial charge in [0.05, 0.1) is 12.2 Å². The number of nitrogens with one attached hydrogen (secondary N) is 1. The van der Waals surface area contributed by atoms with Crippen molar-refractivity contribution < 1.29 is 9.50 Å². The summed E-state index contributed by atoms with van der Waals surface area (Å²) in [4.78, 5) is 3.92. The number of phenols is 1. The SMILES string of the molecule is C[C@H](Nc1ccc(F)cn1)c1cccc(O)c1. The molecule has 2 rings (SSSR count). The zero-order valence-electron chi connectivity index (χ0n) is 9.39. The highest BCUT2D eigenvalue weighted by Gasteiger charge is 2.06. The zero-order chi connectivity index (χ0) is 12.3. The number of pyridine rings is 1. The normalized spacial score (nSPS) is 12.1. The molecule has 1 atom stereocenters. The van der Waals surface area contributed by atoms with Gasteiger partial charge in [-0.2, -0.15) is 0 Å². The molecule has 2 N–H and O–H groups in total. The van der Waals surface area contributed by atoms with E-state index in [1.807, 2.05) is 13.0 Å². The summed E-state index contributed by atoms with van der Waals surface area (Å²) in [6.07, 6.45) is 1.16. The number of rotatable bonds is 3. The lowest BCUT2D eigenvalue weighted by Crippen LogP contribution is -2.07. The van der Waals surface area contributed by atoms with Crippen molar-refractivity contribution in [3.05, 3.63) is 54.0 Å². The highest BCUT2D eigenvalue weighted by molar-refractivity contribution is 5.39. The molecule has 0 saturated heterocycles. The Morgan fingerprint density at radius 2 is 2.12 bits per heavy atom. The van der Waals surface area contributed by atoms with Crippen LogP contribution in [0.2, 0.25) is 0 Å². The number of aromatic nitrogens is 1. The minimum atomic E-state index is -0.361. The Bertz CT molecular complexity index is 499. The molecule has 0 fully saturated rings. The van der Waals surface area contributed by atoms with Gasteiger partial charge < -0.3 is 10.4 Å². The second-order valence-corrected chi connectivity index (χ2v) is 3.82. The van der Waals surface area contributed by atoms with Gasteiger partial charge in [0.15, 0.2) is 0 Å². The first-order valence-corrected chi connectivity index (χ1v) is 5.32. The van der Waals surface area contributed by atoms with Crippen molar-refractivity contribution in [1.29, 1.82) is 0 Å². The number of nitrogens with zero attached hydrogens (tertiary/aromatic N) is 1. The Balaban J connectivity index is 2.11. The average molecular weight is 232 g/mol. The first kappa shape index (κ1) is 11.4. The van der Waals surface area contributed by atoms with E-state index in [1.165, 1.54) is 6.07 Å². The van der Waals surface area contributed by atoms with Crippen molar-refractivity contribution in [3.8, 4) is 5.75 Å². The van der Waals surface area contributed by atoms with Gasteiger partial charge in [0.2, 0.25) is 0 Å². The smallest absolute Gasteiger partial charge is 0.141 e. The summed E-state index contributed by atoms with van der Waals surface area (Å²) >= 11 is 0. The van der Waals surface area contributed by atoms with E-state index in [2.05, 4.69) is 10.3 Å². The number of phenolic OH excluding ortho intramolecular Hbond substituents is 1. The van der Waals surface area contributed by atoms with Gasteiger partial charge in [-0.1, -0.05) is 12.1 Å². The molecule has 1 aromatic heterocycles. The molecule has 0 aliphatic rings. The van der Waals surface area contributed by atoms with Gasteiger partial charge in [-0.15, -0.1) is 0 Å². The number of anilines is 1. The standard InChI is InChI=1S/C13H13FN2O/c1-9(10-3-2-4-12(17)7-10)16-13-6-5-11(14)8-15-13/h2-9,17H,1H3,(H,15,16)/t9-/m0/s1. The van der Waals surface area contributed by atoms with Crippen LogP contribution < -0.4 is 5.32 Å². The zero-order valence-corrected chi connectivity index (χ0v) is 9.39. The topological polar surface area (TPSA) is 45.2 Å².